The molecule has 1 aliphatic rings. The number of para-hydroxylation sites is 1. The molecule has 1 N–H and O–H groups in total. The number of fused-ring (bicyclic) bond motifs is 1. The van der Waals surface area contributed by atoms with Gasteiger partial charge in [0.1, 0.15) is 11.9 Å². The predicted molar refractivity (Wildman–Crippen MR) is 107 cm³/mol. The molecule has 1 fully saturated rings. The zero-order chi connectivity index (χ0) is 19.9. The van der Waals surface area contributed by atoms with Crippen molar-refractivity contribution in [2.45, 2.75) is 38.6 Å². The number of ether oxygens (including phenoxy) is 1. The van der Waals surface area contributed by atoms with E-state index in [-0.39, 0.29) is 17.6 Å². The maximum absolute atomic E-state index is 12.0. The number of carbonyl (C=O) groups excluding carboxylic acids is 1. The average molecular weight is 386 g/mol. The van der Waals surface area contributed by atoms with E-state index >= 15 is 0 Å². The molecule has 1 aromatic carbocycles. The Morgan fingerprint density at radius 3 is 2.79 bits per heavy atom. The molecule has 0 spiro atoms. The molecule has 2 heterocycles. The number of nitrogens with one attached hydrogen (secondary N) is 1. The van der Waals surface area contributed by atoms with Crippen LogP contribution in [0.5, 0.6) is 0 Å². The van der Waals surface area contributed by atoms with E-state index in [2.05, 4.69) is 10.3 Å². The van der Waals surface area contributed by atoms with Gasteiger partial charge < -0.3 is 15.0 Å². The smallest absolute Gasteiger partial charge is 0.311 e. The van der Waals surface area contributed by atoms with Crippen LogP contribution < -0.4 is 5.32 Å². The number of benzene rings is 1. The summed E-state index contributed by atoms with van der Waals surface area (Å²) in [5.41, 5.74) is 1.20. The van der Waals surface area contributed by atoms with E-state index < -0.39 is 4.92 Å². The summed E-state index contributed by atoms with van der Waals surface area (Å²) in [5.74, 6) is 0.0932. The lowest BCUT2D eigenvalue weighted by Gasteiger charge is -2.33. The number of hydrogen-bond donors (Lipinski definition) is 1. The first kappa shape index (κ1) is 20.0. The topological polar surface area (TPSA) is 97.6 Å². The minimum atomic E-state index is -0.412. The normalized spacial score (nSPS) is 14.8. The summed E-state index contributed by atoms with van der Waals surface area (Å²) < 4.78 is 5.38. The van der Waals surface area contributed by atoms with Crippen molar-refractivity contribution in [1.29, 1.82) is 0 Å². The highest BCUT2D eigenvalue weighted by atomic mass is 16.6. The van der Waals surface area contributed by atoms with Crippen molar-refractivity contribution in [3.8, 4) is 0 Å². The average Bonchev–Trinajstić information content (AvgIpc) is 2.70. The van der Waals surface area contributed by atoms with Gasteiger partial charge in [0.25, 0.3) is 0 Å². The molecule has 0 saturated carbocycles. The molecule has 0 bridgehead atoms. The lowest BCUT2D eigenvalue weighted by Crippen LogP contribution is -2.42. The lowest BCUT2D eigenvalue weighted by molar-refractivity contribution is -0.384. The van der Waals surface area contributed by atoms with Gasteiger partial charge in [-0.15, -0.1) is 0 Å². The molecule has 1 amide bonds. The summed E-state index contributed by atoms with van der Waals surface area (Å²) in [5, 5.41) is 15.3. The number of amides is 1. The van der Waals surface area contributed by atoms with Crippen molar-refractivity contribution < 1.29 is 14.5 Å². The molecule has 3 rings (SSSR count). The molecule has 1 aliphatic heterocycles. The quantitative estimate of drug-likeness (QED) is 0.424. The molecular formula is C20H26N4O4. The molecule has 0 unspecified atom stereocenters. The first-order valence-corrected chi connectivity index (χ1v) is 9.69. The summed E-state index contributed by atoms with van der Waals surface area (Å²) in [4.78, 5) is 29.0. The van der Waals surface area contributed by atoms with Crippen LogP contribution in [0.1, 0.15) is 32.6 Å². The Balaban J connectivity index is 1.58. The highest BCUT2D eigenvalue weighted by Crippen LogP contribution is 2.31. The number of aromatic nitrogens is 1. The molecule has 150 valence electrons. The molecule has 0 radical (unpaired) electrons. The van der Waals surface area contributed by atoms with Gasteiger partial charge in [-0.25, -0.2) is 4.98 Å². The SMILES string of the molecule is CC(=O)N(CCCCNc1c([N+](=O)[O-])cnc2ccccc12)C1CCOCC1. The third kappa shape index (κ3) is 4.75. The second-order valence-corrected chi connectivity index (χ2v) is 6.98. The molecule has 8 nitrogen and oxygen atoms in total. The molecule has 2 aromatic rings. The van der Waals surface area contributed by atoms with Crippen LogP contribution >= 0.6 is 0 Å². The highest BCUT2D eigenvalue weighted by molar-refractivity contribution is 5.95. The summed E-state index contributed by atoms with van der Waals surface area (Å²) in [7, 11) is 0. The number of hydrogen-bond acceptors (Lipinski definition) is 6. The summed E-state index contributed by atoms with van der Waals surface area (Å²) >= 11 is 0. The number of nitro groups is 1. The van der Waals surface area contributed by atoms with Gasteiger partial charge in [-0.3, -0.25) is 14.9 Å². The molecule has 8 heteroatoms. The minimum absolute atomic E-state index is 0.0220. The molecule has 0 aliphatic carbocycles. The van der Waals surface area contributed by atoms with Gasteiger partial charge in [-0.1, -0.05) is 18.2 Å². The number of anilines is 1. The number of nitrogens with zero attached hydrogens (tertiary/aromatic N) is 3. The maximum atomic E-state index is 12.0. The number of pyridine rings is 1. The number of carbonyl (C=O) groups is 1. The summed E-state index contributed by atoms with van der Waals surface area (Å²) in [6, 6.07) is 7.63. The fourth-order valence-corrected chi connectivity index (χ4v) is 3.67. The van der Waals surface area contributed by atoms with Crippen molar-refractivity contribution in [3.05, 3.63) is 40.6 Å². The summed E-state index contributed by atoms with van der Waals surface area (Å²) in [6.45, 7) is 4.30. The van der Waals surface area contributed by atoms with Crippen LogP contribution in [0.15, 0.2) is 30.5 Å². The molecule has 1 aromatic heterocycles. The second kappa shape index (κ2) is 9.45. The fourth-order valence-electron chi connectivity index (χ4n) is 3.67. The maximum Gasteiger partial charge on any atom is 0.311 e. The Labute approximate surface area is 164 Å². The highest BCUT2D eigenvalue weighted by Gasteiger charge is 2.23. The fraction of sp³-hybridized carbons (Fsp3) is 0.500. The van der Waals surface area contributed by atoms with Crippen LogP contribution in [-0.2, 0) is 9.53 Å². The second-order valence-electron chi connectivity index (χ2n) is 6.98. The van der Waals surface area contributed by atoms with E-state index in [0.29, 0.717) is 32.0 Å². The van der Waals surface area contributed by atoms with Crippen LogP contribution in [-0.4, -0.2) is 53.1 Å². The van der Waals surface area contributed by atoms with E-state index in [4.69, 9.17) is 4.74 Å². The third-order valence-electron chi connectivity index (χ3n) is 5.12. The van der Waals surface area contributed by atoms with Gasteiger partial charge >= 0.3 is 5.69 Å². The number of unbranched alkanes of at least 4 members (excludes halogenated alkanes) is 1. The Bertz CT molecular complexity index is 836. The largest absolute Gasteiger partial charge is 0.381 e. The van der Waals surface area contributed by atoms with Crippen LogP contribution in [0.2, 0.25) is 0 Å². The van der Waals surface area contributed by atoms with Crippen molar-refractivity contribution >= 4 is 28.2 Å². The van der Waals surface area contributed by atoms with Crippen LogP contribution in [0.3, 0.4) is 0 Å². The van der Waals surface area contributed by atoms with Gasteiger partial charge in [0.05, 0.1) is 10.4 Å². The molecule has 1 saturated heterocycles. The van der Waals surface area contributed by atoms with E-state index in [9.17, 15) is 14.9 Å². The van der Waals surface area contributed by atoms with E-state index in [1.807, 2.05) is 29.2 Å². The van der Waals surface area contributed by atoms with Gasteiger partial charge in [0.15, 0.2) is 0 Å². The van der Waals surface area contributed by atoms with Crippen molar-refractivity contribution in [2.24, 2.45) is 0 Å². The van der Waals surface area contributed by atoms with Gasteiger partial charge in [-0.2, -0.15) is 0 Å². The number of rotatable bonds is 8. The van der Waals surface area contributed by atoms with Crippen molar-refractivity contribution in [3.63, 3.8) is 0 Å². The third-order valence-corrected chi connectivity index (χ3v) is 5.12. The van der Waals surface area contributed by atoms with E-state index in [1.165, 1.54) is 6.20 Å². The first-order valence-electron chi connectivity index (χ1n) is 9.69. The monoisotopic (exact) mass is 386 g/mol. The van der Waals surface area contributed by atoms with Crippen LogP contribution in [0.4, 0.5) is 11.4 Å². The van der Waals surface area contributed by atoms with Crippen molar-refractivity contribution in [1.82, 2.24) is 9.88 Å². The zero-order valence-electron chi connectivity index (χ0n) is 16.1. The van der Waals surface area contributed by atoms with E-state index in [1.54, 1.807) is 6.92 Å². The Kier molecular flexibility index (Phi) is 6.76. The van der Waals surface area contributed by atoms with Gasteiger partial charge in [-0.05, 0) is 31.7 Å². The first-order chi connectivity index (χ1) is 13.6. The standard InChI is InChI=1S/C20H26N4O4/c1-15(25)23(16-8-12-28-13-9-16)11-5-4-10-21-20-17-6-2-3-7-18(17)22-14-19(20)24(26)27/h2-3,6-7,14,16H,4-5,8-13H2,1H3,(H,21,22). The minimum Gasteiger partial charge on any atom is -0.381 e. The van der Waals surface area contributed by atoms with Gasteiger partial charge in [0.2, 0.25) is 5.91 Å². The Morgan fingerprint density at radius 2 is 2.07 bits per heavy atom. The zero-order valence-corrected chi connectivity index (χ0v) is 16.1. The van der Waals surface area contributed by atoms with Crippen LogP contribution in [0.25, 0.3) is 10.9 Å². The lowest BCUT2D eigenvalue weighted by atomic mass is 10.1. The predicted octanol–water partition coefficient (Wildman–Crippen LogP) is 3.36. The summed E-state index contributed by atoms with van der Waals surface area (Å²) in [6.07, 6.45) is 4.70. The van der Waals surface area contributed by atoms with Crippen molar-refractivity contribution in [2.75, 3.05) is 31.6 Å². The Hall–Kier alpha value is -2.74. The molecule has 0 atom stereocenters. The van der Waals surface area contributed by atoms with E-state index in [0.717, 1.165) is 36.6 Å². The van der Waals surface area contributed by atoms with Gasteiger partial charge in [0, 0.05) is 44.7 Å². The molecular weight excluding hydrogens is 360 g/mol. The molecule has 28 heavy (non-hydrogen) atoms. The Morgan fingerprint density at radius 1 is 1.32 bits per heavy atom. The van der Waals surface area contributed by atoms with Crippen LogP contribution in [0, 0.1) is 10.1 Å².